The van der Waals surface area contributed by atoms with E-state index in [-0.39, 0.29) is 25.7 Å². The van der Waals surface area contributed by atoms with Crippen molar-refractivity contribution in [2.24, 2.45) is 0 Å². The zero-order chi connectivity index (χ0) is 73.2. The van der Waals surface area contributed by atoms with Crippen LogP contribution in [0.4, 0.5) is 0 Å². The number of phosphoric ester groups is 2. The molecule has 0 rings (SSSR count). The standard InChI is InChI=1S/C81H138O17P2/c1-5-9-13-17-21-25-29-33-35-37-39-43-46-50-54-58-62-66-79(84)92-72-77(98-81(86)68-64-60-56-52-48-44-40-38-36-34-30-26-22-18-14-10-6-2)74-96-100(89,90)94-70-75(82)69-93-99(87,88)95-73-76(97-80(85)67-63-59-55-51-47-42-32-28-24-20-16-12-8-4)71-91-78(83)65-61-57-53-49-45-41-31-27-23-19-15-11-7-3/h9-10,13-14,21-22,25-28,31-36,39-40,43-44,75-77,82H,5-8,11-12,15-20,23-24,29-30,37-38,41-42,45-74H2,1-4H3,(H,87,88)(H,89,90)/b13-9-,14-10-,25-21-,26-22-,31-27-,32-28-,35-33-,36-34-,43-39-,44-40-. The van der Waals surface area contributed by atoms with Crippen LogP contribution in [0.15, 0.2) is 122 Å². The van der Waals surface area contributed by atoms with E-state index in [2.05, 4.69) is 149 Å². The molecule has 0 radical (unpaired) electrons. The van der Waals surface area contributed by atoms with Gasteiger partial charge in [-0.1, -0.05) is 252 Å². The molecular weight excluding hydrogens is 1310 g/mol. The Morgan fingerprint density at radius 2 is 0.520 bits per heavy atom. The smallest absolute Gasteiger partial charge is 0.462 e. The predicted octanol–water partition coefficient (Wildman–Crippen LogP) is 22.3. The minimum atomic E-state index is -4.99. The normalized spacial score (nSPS) is 14.6. The number of esters is 4. The molecule has 574 valence electrons. The molecule has 100 heavy (non-hydrogen) atoms. The number of allylic oxidation sites excluding steroid dienone is 20. The van der Waals surface area contributed by atoms with Crippen LogP contribution in [0.1, 0.15) is 310 Å². The van der Waals surface area contributed by atoms with Crippen molar-refractivity contribution in [3.63, 3.8) is 0 Å². The molecule has 0 aliphatic carbocycles. The fraction of sp³-hybridized carbons (Fsp3) is 0.704. The number of ether oxygens (including phenoxy) is 4. The Morgan fingerprint density at radius 1 is 0.290 bits per heavy atom. The summed E-state index contributed by atoms with van der Waals surface area (Å²) in [4.78, 5) is 72.9. The van der Waals surface area contributed by atoms with Crippen LogP contribution in [0.2, 0.25) is 0 Å². The van der Waals surface area contributed by atoms with E-state index in [9.17, 15) is 43.2 Å². The molecular formula is C81H138O17P2. The number of aliphatic hydroxyl groups excluding tert-OH is 1. The van der Waals surface area contributed by atoms with E-state index in [1.54, 1.807) is 0 Å². The van der Waals surface area contributed by atoms with Crippen molar-refractivity contribution in [2.75, 3.05) is 39.6 Å². The van der Waals surface area contributed by atoms with Gasteiger partial charge < -0.3 is 33.8 Å². The highest BCUT2D eigenvalue weighted by molar-refractivity contribution is 7.47. The Bertz CT molecular complexity index is 2370. The summed E-state index contributed by atoms with van der Waals surface area (Å²) in [7, 11) is -9.97. The topological polar surface area (TPSA) is 237 Å². The fourth-order valence-corrected chi connectivity index (χ4v) is 11.6. The zero-order valence-electron chi connectivity index (χ0n) is 62.6. The highest BCUT2D eigenvalue weighted by Crippen LogP contribution is 2.45. The van der Waals surface area contributed by atoms with Gasteiger partial charge in [-0.3, -0.25) is 37.3 Å². The van der Waals surface area contributed by atoms with Gasteiger partial charge in [0.15, 0.2) is 12.2 Å². The molecule has 0 aliphatic heterocycles. The number of hydrogen-bond donors (Lipinski definition) is 3. The van der Waals surface area contributed by atoms with Gasteiger partial charge in [0.2, 0.25) is 0 Å². The summed E-state index contributed by atoms with van der Waals surface area (Å²) in [6.07, 6.45) is 79.0. The largest absolute Gasteiger partial charge is 0.472 e. The third kappa shape index (κ3) is 71.8. The van der Waals surface area contributed by atoms with Gasteiger partial charge in [-0.2, -0.15) is 0 Å². The van der Waals surface area contributed by atoms with Gasteiger partial charge in [-0.15, -0.1) is 0 Å². The van der Waals surface area contributed by atoms with Crippen LogP contribution >= 0.6 is 15.6 Å². The third-order valence-corrected chi connectivity index (χ3v) is 17.8. The van der Waals surface area contributed by atoms with Gasteiger partial charge in [-0.25, -0.2) is 9.13 Å². The molecule has 0 aromatic carbocycles. The second kappa shape index (κ2) is 72.8. The van der Waals surface area contributed by atoms with Gasteiger partial charge >= 0.3 is 39.5 Å². The molecule has 0 amide bonds. The number of hydrogen-bond acceptors (Lipinski definition) is 15. The monoisotopic (exact) mass is 1440 g/mol. The summed E-state index contributed by atoms with van der Waals surface area (Å²) in [5.41, 5.74) is 0. The van der Waals surface area contributed by atoms with Gasteiger partial charge in [0, 0.05) is 25.7 Å². The highest BCUT2D eigenvalue weighted by atomic mass is 31.2. The van der Waals surface area contributed by atoms with E-state index in [4.69, 9.17) is 37.0 Å². The van der Waals surface area contributed by atoms with Crippen LogP contribution in [-0.2, 0) is 65.4 Å². The second-order valence-corrected chi connectivity index (χ2v) is 28.4. The van der Waals surface area contributed by atoms with Crippen molar-refractivity contribution in [1.82, 2.24) is 0 Å². The SMILES string of the molecule is CC/C=C\C/C=C\C/C=C\C/C=C\CCCCCCC(=O)OCC(COP(=O)(O)OCC(O)COP(=O)(O)OCC(COC(=O)CCCCCCC/C=C\CCCCCC)OC(=O)CCCCCCC/C=C\CCCCCC)OC(=O)CCCCCC/C=C\C/C=C\C/C=C\C/C=C\CC. The van der Waals surface area contributed by atoms with Crippen LogP contribution < -0.4 is 0 Å². The fourth-order valence-electron chi connectivity index (χ4n) is 10.0. The van der Waals surface area contributed by atoms with Crippen LogP contribution in [0.25, 0.3) is 0 Å². The Hall–Kier alpha value is -4.54. The number of carbonyl (C=O) groups excluding carboxylic acids is 4. The lowest BCUT2D eigenvalue weighted by molar-refractivity contribution is -0.161. The lowest BCUT2D eigenvalue weighted by Gasteiger charge is -2.21. The number of unbranched alkanes of at least 4 members (excludes halogenated alkanes) is 26. The van der Waals surface area contributed by atoms with Gasteiger partial charge in [-0.05, 0) is 154 Å². The van der Waals surface area contributed by atoms with Crippen LogP contribution in [0.3, 0.4) is 0 Å². The maximum Gasteiger partial charge on any atom is 0.472 e. The average molecular weight is 1450 g/mol. The molecule has 0 heterocycles. The summed E-state index contributed by atoms with van der Waals surface area (Å²) in [5.74, 6) is -2.24. The molecule has 0 spiro atoms. The summed E-state index contributed by atoms with van der Waals surface area (Å²) >= 11 is 0. The molecule has 3 N–H and O–H groups in total. The molecule has 0 aliphatic rings. The van der Waals surface area contributed by atoms with Crippen molar-refractivity contribution >= 4 is 39.5 Å². The molecule has 0 fully saturated rings. The Morgan fingerprint density at radius 3 is 0.810 bits per heavy atom. The number of phosphoric acid groups is 2. The number of aliphatic hydroxyl groups is 1. The summed E-state index contributed by atoms with van der Waals surface area (Å²) in [6, 6.07) is 0. The third-order valence-electron chi connectivity index (χ3n) is 15.9. The van der Waals surface area contributed by atoms with Crippen molar-refractivity contribution in [1.29, 1.82) is 0 Å². The number of carbonyl (C=O) groups is 4. The van der Waals surface area contributed by atoms with Crippen molar-refractivity contribution in [2.45, 2.75) is 329 Å². The van der Waals surface area contributed by atoms with Crippen LogP contribution in [0.5, 0.6) is 0 Å². The maximum atomic E-state index is 13.1. The Balaban J connectivity index is 5.41. The molecule has 5 unspecified atom stereocenters. The molecule has 0 aromatic rings. The van der Waals surface area contributed by atoms with E-state index in [0.29, 0.717) is 25.7 Å². The van der Waals surface area contributed by atoms with E-state index < -0.39 is 97.5 Å². The molecule has 17 nitrogen and oxygen atoms in total. The van der Waals surface area contributed by atoms with E-state index >= 15 is 0 Å². The zero-order valence-corrected chi connectivity index (χ0v) is 64.4. The molecule has 0 bridgehead atoms. The second-order valence-electron chi connectivity index (χ2n) is 25.5. The minimum Gasteiger partial charge on any atom is -0.462 e. The molecule has 5 atom stereocenters. The number of rotatable bonds is 72. The van der Waals surface area contributed by atoms with Gasteiger partial charge in [0.1, 0.15) is 19.3 Å². The van der Waals surface area contributed by atoms with Crippen LogP contribution in [0, 0.1) is 0 Å². The summed E-state index contributed by atoms with van der Waals surface area (Å²) in [5, 5.41) is 10.6. The van der Waals surface area contributed by atoms with Crippen molar-refractivity contribution < 1.29 is 80.2 Å². The van der Waals surface area contributed by atoms with Gasteiger partial charge in [0.25, 0.3) is 0 Å². The molecule has 19 heteroatoms. The quantitative estimate of drug-likeness (QED) is 0.0169. The van der Waals surface area contributed by atoms with Crippen molar-refractivity contribution in [3.05, 3.63) is 122 Å². The first-order chi connectivity index (χ1) is 48.7. The van der Waals surface area contributed by atoms with E-state index in [0.717, 1.165) is 180 Å². The molecule has 0 saturated heterocycles. The Labute approximate surface area is 606 Å². The Kier molecular flexibility index (Phi) is 69.5. The van der Waals surface area contributed by atoms with Gasteiger partial charge in [0.05, 0.1) is 26.4 Å². The highest BCUT2D eigenvalue weighted by Gasteiger charge is 2.30. The predicted molar refractivity (Wildman–Crippen MR) is 408 cm³/mol. The van der Waals surface area contributed by atoms with Crippen molar-refractivity contribution in [3.8, 4) is 0 Å². The maximum absolute atomic E-state index is 13.1. The summed E-state index contributed by atoms with van der Waals surface area (Å²) < 4.78 is 68.5. The van der Waals surface area contributed by atoms with Crippen LogP contribution in [-0.4, -0.2) is 96.7 Å². The average Bonchev–Trinajstić information content (AvgIpc) is 1.15. The summed E-state index contributed by atoms with van der Waals surface area (Å²) in [6.45, 7) is 4.55. The molecule has 0 aromatic heterocycles. The molecule has 0 saturated carbocycles. The first-order valence-corrected chi connectivity index (χ1v) is 41.8. The van der Waals surface area contributed by atoms with E-state index in [1.165, 1.54) is 51.4 Å². The minimum absolute atomic E-state index is 0.0584. The lowest BCUT2D eigenvalue weighted by Crippen LogP contribution is -2.30. The van der Waals surface area contributed by atoms with E-state index in [1.807, 2.05) is 0 Å². The first-order valence-electron chi connectivity index (χ1n) is 38.8. The lowest BCUT2D eigenvalue weighted by atomic mass is 10.1. The first kappa shape index (κ1) is 95.5.